The normalized spacial score (nSPS) is 9.53. The Hall–Kier alpha value is -1.29. The molecule has 0 aromatic heterocycles. The smallest absolute Gasteiger partial charge is 0.310 e. The molecule has 1 aromatic rings. The van der Waals surface area contributed by atoms with Gasteiger partial charge in [0.05, 0.1) is 35.3 Å². The van der Waals surface area contributed by atoms with Crippen LogP contribution in [0.3, 0.4) is 0 Å². The van der Waals surface area contributed by atoms with Crippen LogP contribution in [0.1, 0.15) is 18.1 Å². The molecule has 5 heteroatoms. The molecule has 0 saturated carbocycles. The summed E-state index contributed by atoms with van der Waals surface area (Å²) in [4.78, 5) is 11.4. The lowest BCUT2D eigenvalue weighted by atomic mass is 10.1. The topological polar surface area (TPSA) is 59.3 Å². The lowest BCUT2D eigenvalue weighted by molar-refractivity contribution is -0.142. The fourth-order valence-corrected chi connectivity index (χ4v) is 2.34. The minimum atomic E-state index is -0.323. The minimum Gasteiger partial charge on any atom is -0.495 e. The number of benzene rings is 1. The van der Waals surface area contributed by atoms with E-state index in [1.54, 1.807) is 19.1 Å². The lowest BCUT2D eigenvalue weighted by Crippen LogP contribution is -2.09. The summed E-state index contributed by atoms with van der Waals surface area (Å²) in [5.41, 5.74) is 1.18. The molecule has 0 spiro atoms. The van der Waals surface area contributed by atoms with Crippen LogP contribution in [0, 0.1) is 14.9 Å². The average molecular weight is 345 g/mol. The van der Waals surface area contributed by atoms with E-state index in [0.29, 0.717) is 23.5 Å². The van der Waals surface area contributed by atoms with Gasteiger partial charge in [-0.25, -0.2) is 0 Å². The van der Waals surface area contributed by atoms with Crippen molar-refractivity contribution in [3.05, 3.63) is 26.8 Å². The molecule has 90 valence electrons. The zero-order valence-corrected chi connectivity index (χ0v) is 11.8. The lowest BCUT2D eigenvalue weighted by Gasteiger charge is -2.10. The maximum absolute atomic E-state index is 11.4. The Morgan fingerprint density at radius 2 is 2.24 bits per heavy atom. The molecule has 0 saturated heterocycles. The molecule has 1 aromatic carbocycles. The largest absolute Gasteiger partial charge is 0.495 e. The first-order valence-electron chi connectivity index (χ1n) is 5.04. The maximum atomic E-state index is 11.4. The molecule has 0 fully saturated rings. The Bertz CT molecular complexity index is 466. The first-order chi connectivity index (χ1) is 8.12. The van der Waals surface area contributed by atoms with Crippen molar-refractivity contribution < 1.29 is 14.3 Å². The fourth-order valence-electron chi connectivity index (χ4n) is 1.44. The second kappa shape index (κ2) is 6.45. The molecule has 4 nitrogen and oxygen atoms in total. The number of ether oxygens (including phenoxy) is 2. The number of hydrogen-bond donors (Lipinski definition) is 0. The van der Waals surface area contributed by atoms with Gasteiger partial charge in [0.15, 0.2) is 0 Å². The molecule has 0 N–H and O–H groups in total. The maximum Gasteiger partial charge on any atom is 0.310 e. The van der Waals surface area contributed by atoms with Crippen molar-refractivity contribution in [1.82, 2.24) is 0 Å². The monoisotopic (exact) mass is 345 g/mol. The summed E-state index contributed by atoms with van der Waals surface area (Å²) in [6.07, 6.45) is 0.114. The van der Waals surface area contributed by atoms with Crippen molar-refractivity contribution >= 4 is 28.6 Å². The van der Waals surface area contributed by atoms with Crippen molar-refractivity contribution in [2.75, 3.05) is 13.7 Å². The van der Waals surface area contributed by atoms with E-state index < -0.39 is 0 Å². The number of carbonyl (C=O) groups excluding carboxylic acids is 1. The van der Waals surface area contributed by atoms with Crippen LogP contribution >= 0.6 is 22.6 Å². The molecular weight excluding hydrogens is 333 g/mol. The average Bonchev–Trinajstić information content (AvgIpc) is 2.28. The van der Waals surface area contributed by atoms with Gasteiger partial charge in [0.2, 0.25) is 0 Å². The van der Waals surface area contributed by atoms with E-state index in [1.165, 1.54) is 7.11 Å². The van der Waals surface area contributed by atoms with Gasteiger partial charge in [-0.15, -0.1) is 0 Å². The van der Waals surface area contributed by atoms with Crippen molar-refractivity contribution in [2.24, 2.45) is 0 Å². The number of halogens is 1. The Labute approximate surface area is 114 Å². The molecule has 17 heavy (non-hydrogen) atoms. The second-order valence-corrected chi connectivity index (χ2v) is 4.41. The van der Waals surface area contributed by atoms with Gasteiger partial charge in [0, 0.05) is 5.56 Å². The SMILES string of the molecule is CCOC(=O)Cc1cc(C#N)cc(I)c1OC. The van der Waals surface area contributed by atoms with Crippen molar-refractivity contribution in [2.45, 2.75) is 13.3 Å². The van der Waals surface area contributed by atoms with Gasteiger partial charge >= 0.3 is 5.97 Å². The minimum absolute atomic E-state index is 0.114. The van der Waals surface area contributed by atoms with Gasteiger partial charge in [-0.05, 0) is 41.6 Å². The second-order valence-electron chi connectivity index (χ2n) is 3.24. The molecule has 0 aliphatic heterocycles. The molecule has 0 amide bonds. The number of nitriles is 1. The molecule has 0 radical (unpaired) electrons. The van der Waals surface area contributed by atoms with E-state index >= 15 is 0 Å². The summed E-state index contributed by atoms with van der Waals surface area (Å²) in [6, 6.07) is 5.42. The van der Waals surface area contributed by atoms with E-state index in [9.17, 15) is 4.79 Å². The zero-order chi connectivity index (χ0) is 12.8. The van der Waals surface area contributed by atoms with E-state index in [4.69, 9.17) is 14.7 Å². The molecule has 0 aliphatic rings. The third-order valence-corrected chi connectivity index (χ3v) is 2.90. The number of carbonyl (C=O) groups is 1. The molecule has 0 unspecified atom stereocenters. The highest BCUT2D eigenvalue weighted by Crippen LogP contribution is 2.27. The summed E-state index contributed by atoms with van der Waals surface area (Å²) < 4.78 is 10.9. The predicted molar refractivity (Wildman–Crippen MR) is 70.8 cm³/mol. The van der Waals surface area contributed by atoms with Crippen LogP contribution in [0.15, 0.2) is 12.1 Å². The van der Waals surface area contributed by atoms with Crippen LogP contribution < -0.4 is 4.74 Å². The van der Waals surface area contributed by atoms with Gasteiger partial charge in [-0.2, -0.15) is 5.26 Å². The summed E-state index contributed by atoms with van der Waals surface area (Å²) in [5, 5.41) is 8.88. The van der Waals surface area contributed by atoms with Gasteiger partial charge in [0.25, 0.3) is 0 Å². The van der Waals surface area contributed by atoms with E-state index in [0.717, 1.165) is 3.57 Å². The molecule has 0 bridgehead atoms. The first-order valence-corrected chi connectivity index (χ1v) is 6.12. The Morgan fingerprint density at radius 1 is 1.53 bits per heavy atom. The molecule has 1 rings (SSSR count). The summed E-state index contributed by atoms with van der Waals surface area (Å²) in [7, 11) is 1.54. The third kappa shape index (κ3) is 3.60. The number of nitrogens with zero attached hydrogens (tertiary/aromatic N) is 1. The number of rotatable bonds is 4. The first kappa shape index (κ1) is 13.8. The Morgan fingerprint density at radius 3 is 2.76 bits per heavy atom. The summed E-state index contributed by atoms with van der Waals surface area (Å²) in [6.45, 7) is 2.10. The highest BCUT2D eigenvalue weighted by molar-refractivity contribution is 14.1. The van der Waals surface area contributed by atoms with Gasteiger partial charge < -0.3 is 9.47 Å². The van der Waals surface area contributed by atoms with E-state index in [-0.39, 0.29) is 12.4 Å². The molecule has 0 aliphatic carbocycles. The zero-order valence-electron chi connectivity index (χ0n) is 9.62. The van der Waals surface area contributed by atoms with Crippen LogP contribution in [-0.4, -0.2) is 19.7 Å². The highest BCUT2D eigenvalue weighted by Gasteiger charge is 2.14. The number of methoxy groups -OCH3 is 1. The van der Waals surface area contributed by atoms with E-state index in [1.807, 2.05) is 0 Å². The molecular formula is C12H12INO3. The number of esters is 1. The Kier molecular flexibility index (Phi) is 5.22. The standard InChI is InChI=1S/C12H12INO3/c1-3-17-11(15)6-9-4-8(7-14)5-10(13)12(9)16-2/h4-5H,3,6H2,1-2H3. The fraction of sp³-hybridized carbons (Fsp3) is 0.333. The Balaban J connectivity index is 3.08. The predicted octanol–water partition coefficient (Wildman–Crippen LogP) is 2.28. The van der Waals surface area contributed by atoms with Gasteiger partial charge in [0.1, 0.15) is 5.75 Å². The molecule has 0 atom stereocenters. The summed E-state index contributed by atoms with van der Waals surface area (Å²) in [5.74, 6) is 0.300. The van der Waals surface area contributed by atoms with Crippen LogP contribution in [0.25, 0.3) is 0 Å². The van der Waals surface area contributed by atoms with E-state index in [2.05, 4.69) is 28.7 Å². The third-order valence-electron chi connectivity index (χ3n) is 2.09. The quantitative estimate of drug-likeness (QED) is 0.621. The van der Waals surface area contributed by atoms with Gasteiger partial charge in [-0.3, -0.25) is 4.79 Å². The van der Waals surface area contributed by atoms with Crippen LogP contribution in [0.2, 0.25) is 0 Å². The van der Waals surface area contributed by atoms with Crippen molar-refractivity contribution in [3.63, 3.8) is 0 Å². The van der Waals surface area contributed by atoms with Crippen LogP contribution in [0.4, 0.5) is 0 Å². The highest BCUT2D eigenvalue weighted by atomic mass is 127. The van der Waals surface area contributed by atoms with Crippen LogP contribution in [0.5, 0.6) is 5.75 Å². The summed E-state index contributed by atoms with van der Waals surface area (Å²) >= 11 is 2.07. The van der Waals surface area contributed by atoms with Crippen molar-refractivity contribution in [1.29, 1.82) is 5.26 Å². The molecule has 0 heterocycles. The van der Waals surface area contributed by atoms with Crippen molar-refractivity contribution in [3.8, 4) is 11.8 Å². The van der Waals surface area contributed by atoms with Gasteiger partial charge in [-0.1, -0.05) is 0 Å². The number of hydrogen-bond acceptors (Lipinski definition) is 4. The van der Waals surface area contributed by atoms with Crippen LogP contribution in [-0.2, 0) is 16.0 Å².